The second-order valence-electron chi connectivity index (χ2n) is 5.79. The molecule has 0 fully saturated rings. The molecule has 1 N–H and O–H groups in total. The molecule has 6 nitrogen and oxygen atoms in total. The van der Waals surface area contributed by atoms with Crippen molar-refractivity contribution in [1.29, 1.82) is 0 Å². The predicted octanol–water partition coefficient (Wildman–Crippen LogP) is 3.35. The maximum absolute atomic E-state index is 12.6. The van der Waals surface area contributed by atoms with Crippen LogP contribution in [-0.2, 0) is 10.0 Å². The summed E-state index contributed by atoms with van der Waals surface area (Å²) in [5.41, 5.74) is 2.19. The Labute approximate surface area is 153 Å². The summed E-state index contributed by atoms with van der Waals surface area (Å²) in [5.74, 6) is -0.128. The van der Waals surface area contributed by atoms with Crippen LogP contribution in [0.5, 0.6) is 0 Å². The van der Waals surface area contributed by atoms with Crippen LogP contribution in [0.2, 0.25) is 0 Å². The molecule has 136 valence electrons. The largest absolute Gasteiger partial charge is 0.338 e. The van der Waals surface area contributed by atoms with Crippen molar-refractivity contribution in [3.63, 3.8) is 0 Å². The summed E-state index contributed by atoms with van der Waals surface area (Å²) in [6.45, 7) is 10.4. The Kier molecular flexibility index (Phi) is 5.84. The number of amides is 1. The van der Waals surface area contributed by atoms with Crippen LogP contribution in [0, 0.1) is 20.8 Å². The van der Waals surface area contributed by atoms with Gasteiger partial charge in [-0.2, -0.15) is 0 Å². The van der Waals surface area contributed by atoms with Crippen LogP contribution < -0.4 is 4.72 Å². The quantitative estimate of drug-likeness (QED) is 0.832. The van der Waals surface area contributed by atoms with Crippen molar-refractivity contribution in [3.05, 3.63) is 39.9 Å². The standard InChI is InChI=1S/C17H23N3O3S2/c1-6-20(7-2)16(21)15-13(5)18-17(24-15)19-25(22,23)14-9-8-11(3)10-12(14)4/h8-10H,6-7H2,1-5H3,(H,18,19). The molecule has 25 heavy (non-hydrogen) atoms. The number of aryl methyl sites for hydroxylation is 3. The molecule has 0 unspecified atom stereocenters. The highest BCUT2D eigenvalue weighted by Gasteiger charge is 2.23. The fraction of sp³-hybridized carbons (Fsp3) is 0.412. The Morgan fingerprint density at radius 1 is 1.20 bits per heavy atom. The number of rotatable bonds is 6. The molecule has 2 aromatic rings. The van der Waals surface area contributed by atoms with Gasteiger partial charge in [-0.05, 0) is 46.2 Å². The van der Waals surface area contributed by atoms with Crippen molar-refractivity contribution in [2.45, 2.75) is 39.5 Å². The molecule has 2 rings (SSSR count). The first-order valence-electron chi connectivity index (χ1n) is 8.06. The Balaban J connectivity index is 2.32. The number of hydrogen-bond donors (Lipinski definition) is 1. The third-order valence-corrected chi connectivity index (χ3v) is 6.57. The van der Waals surface area contributed by atoms with Crippen LogP contribution in [0.4, 0.5) is 5.13 Å². The molecular weight excluding hydrogens is 358 g/mol. The molecule has 0 aliphatic heterocycles. The van der Waals surface area contributed by atoms with Crippen LogP contribution in [-0.4, -0.2) is 37.3 Å². The first-order chi connectivity index (χ1) is 11.7. The molecule has 0 spiro atoms. The number of anilines is 1. The highest BCUT2D eigenvalue weighted by molar-refractivity contribution is 7.93. The third-order valence-electron chi connectivity index (χ3n) is 3.88. The van der Waals surface area contributed by atoms with E-state index < -0.39 is 10.0 Å². The average Bonchev–Trinajstić information content (AvgIpc) is 2.87. The minimum Gasteiger partial charge on any atom is -0.338 e. The Hall–Kier alpha value is -1.93. The van der Waals surface area contributed by atoms with E-state index in [-0.39, 0.29) is 15.9 Å². The number of carbonyl (C=O) groups is 1. The van der Waals surface area contributed by atoms with Crippen molar-refractivity contribution < 1.29 is 13.2 Å². The van der Waals surface area contributed by atoms with E-state index in [1.54, 1.807) is 30.9 Å². The highest BCUT2D eigenvalue weighted by Crippen LogP contribution is 2.27. The van der Waals surface area contributed by atoms with Gasteiger partial charge in [0.2, 0.25) is 0 Å². The Morgan fingerprint density at radius 3 is 2.40 bits per heavy atom. The molecule has 0 aliphatic rings. The van der Waals surface area contributed by atoms with Crippen molar-refractivity contribution in [1.82, 2.24) is 9.88 Å². The van der Waals surface area contributed by atoms with Gasteiger partial charge in [0.1, 0.15) is 4.88 Å². The molecule has 0 atom stereocenters. The molecule has 0 bridgehead atoms. The van der Waals surface area contributed by atoms with Gasteiger partial charge in [-0.15, -0.1) is 0 Å². The second kappa shape index (κ2) is 7.53. The van der Waals surface area contributed by atoms with Gasteiger partial charge in [0.25, 0.3) is 15.9 Å². The maximum Gasteiger partial charge on any atom is 0.265 e. The first kappa shape index (κ1) is 19.4. The van der Waals surface area contributed by atoms with E-state index in [4.69, 9.17) is 0 Å². The summed E-state index contributed by atoms with van der Waals surface area (Å²) in [6.07, 6.45) is 0. The lowest BCUT2D eigenvalue weighted by Crippen LogP contribution is -2.30. The summed E-state index contributed by atoms with van der Waals surface area (Å²) in [4.78, 5) is 19.1. The van der Waals surface area contributed by atoms with Crippen LogP contribution in [0.25, 0.3) is 0 Å². The van der Waals surface area contributed by atoms with Gasteiger partial charge in [0, 0.05) is 13.1 Å². The zero-order valence-electron chi connectivity index (χ0n) is 15.1. The number of benzene rings is 1. The minimum atomic E-state index is -3.75. The lowest BCUT2D eigenvalue weighted by Gasteiger charge is -2.17. The molecule has 0 saturated carbocycles. The topological polar surface area (TPSA) is 79.4 Å². The molecule has 0 saturated heterocycles. The van der Waals surface area contributed by atoms with Crippen LogP contribution >= 0.6 is 11.3 Å². The summed E-state index contributed by atoms with van der Waals surface area (Å²) < 4.78 is 27.8. The summed E-state index contributed by atoms with van der Waals surface area (Å²) in [6, 6.07) is 5.15. The SMILES string of the molecule is CCN(CC)C(=O)c1sc(NS(=O)(=O)c2ccc(C)cc2C)nc1C. The van der Waals surface area contributed by atoms with Gasteiger partial charge in [-0.1, -0.05) is 29.0 Å². The van der Waals surface area contributed by atoms with E-state index in [9.17, 15) is 13.2 Å². The summed E-state index contributed by atoms with van der Waals surface area (Å²) >= 11 is 1.06. The number of aromatic nitrogens is 1. The van der Waals surface area contributed by atoms with Crippen molar-refractivity contribution in [2.75, 3.05) is 17.8 Å². The first-order valence-corrected chi connectivity index (χ1v) is 10.4. The zero-order valence-corrected chi connectivity index (χ0v) is 16.7. The van der Waals surface area contributed by atoms with E-state index in [1.165, 1.54) is 0 Å². The van der Waals surface area contributed by atoms with E-state index in [0.717, 1.165) is 16.9 Å². The number of hydrogen-bond acceptors (Lipinski definition) is 5. The van der Waals surface area contributed by atoms with E-state index >= 15 is 0 Å². The lowest BCUT2D eigenvalue weighted by atomic mass is 10.2. The number of nitrogens with one attached hydrogen (secondary N) is 1. The number of sulfonamides is 1. The average molecular weight is 382 g/mol. The molecule has 0 aliphatic carbocycles. The summed E-state index contributed by atoms with van der Waals surface area (Å²) in [5, 5.41) is 0.202. The minimum absolute atomic E-state index is 0.128. The van der Waals surface area contributed by atoms with Gasteiger partial charge in [-0.3, -0.25) is 9.52 Å². The van der Waals surface area contributed by atoms with Crippen LogP contribution in [0.3, 0.4) is 0 Å². The van der Waals surface area contributed by atoms with Gasteiger partial charge in [-0.25, -0.2) is 13.4 Å². The highest BCUT2D eigenvalue weighted by atomic mass is 32.2. The fourth-order valence-corrected chi connectivity index (χ4v) is 4.96. The van der Waals surface area contributed by atoms with Crippen LogP contribution in [0.15, 0.2) is 23.1 Å². The molecule has 0 radical (unpaired) electrons. The van der Waals surface area contributed by atoms with Crippen molar-refractivity contribution in [2.24, 2.45) is 0 Å². The van der Waals surface area contributed by atoms with E-state index in [0.29, 0.717) is 29.2 Å². The van der Waals surface area contributed by atoms with Gasteiger partial charge in [0.05, 0.1) is 10.6 Å². The van der Waals surface area contributed by atoms with Crippen molar-refractivity contribution in [3.8, 4) is 0 Å². The van der Waals surface area contributed by atoms with Crippen LogP contribution in [0.1, 0.15) is 40.3 Å². The van der Waals surface area contributed by atoms with Crippen molar-refractivity contribution >= 4 is 32.4 Å². The number of carbonyl (C=O) groups excluding carboxylic acids is 1. The molecule has 1 aromatic carbocycles. The fourth-order valence-electron chi connectivity index (χ4n) is 2.56. The monoisotopic (exact) mass is 381 g/mol. The molecular formula is C17H23N3O3S2. The predicted molar refractivity (Wildman–Crippen MR) is 101 cm³/mol. The maximum atomic E-state index is 12.6. The third kappa shape index (κ3) is 4.19. The van der Waals surface area contributed by atoms with Gasteiger partial charge in [0.15, 0.2) is 5.13 Å². The molecule has 1 heterocycles. The summed E-state index contributed by atoms with van der Waals surface area (Å²) in [7, 11) is -3.75. The lowest BCUT2D eigenvalue weighted by molar-refractivity contribution is 0.0777. The molecule has 1 aromatic heterocycles. The Bertz CT molecular complexity index is 885. The number of nitrogens with zero attached hydrogens (tertiary/aromatic N) is 2. The molecule has 8 heteroatoms. The number of thiazole rings is 1. The smallest absolute Gasteiger partial charge is 0.265 e. The van der Waals surface area contributed by atoms with Gasteiger partial charge >= 0.3 is 0 Å². The second-order valence-corrected chi connectivity index (χ2v) is 8.44. The normalized spacial score (nSPS) is 11.4. The molecule has 1 amide bonds. The van der Waals surface area contributed by atoms with E-state index in [1.807, 2.05) is 26.8 Å². The van der Waals surface area contributed by atoms with E-state index in [2.05, 4.69) is 9.71 Å². The zero-order chi connectivity index (χ0) is 18.8. The Morgan fingerprint density at radius 2 is 1.84 bits per heavy atom. The van der Waals surface area contributed by atoms with Gasteiger partial charge < -0.3 is 4.90 Å².